The molecule has 1 N–H and O–H groups in total. The van der Waals surface area contributed by atoms with Crippen LogP contribution in [0.4, 0.5) is 0 Å². The maximum absolute atomic E-state index is 5.63. The molecule has 3 nitrogen and oxygen atoms in total. The summed E-state index contributed by atoms with van der Waals surface area (Å²) in [5.74, 6) is 0. The molecule has 1 fully saturated rings. The van der Waals surface area contributed by atoms with Gasteiger partial charge >= 0.3 is 0 Å². The molecule has 0 aromatic carbocycles. The van der Waals surface area contributed by atoms with Crippen LogP contribution in [0.1, 0.15) is 53.9 Å². The van der Waals surface area contributed by atoms with Crippen molar-refractivity contribution in [3.8, 4) is 0 Å². The Balaban J connectivity index is 2.59. The number of hydrogen-bond acceptors (Lipinski definition) is 3. The molecule has 0 radical (unpaired) electrons. The van der Waals surface area contributed by atoms with Crippen molar-refractivity contribution >= 4 is 0 Å². The van der Waals surface area contributed by atoms with E-state index in [1.165, 1.54) is 25.8 Å². The number of nitrogens with zero attached hydrogens (tertiary/aromatic N) is 1. The first-order chi connectivity index (χ1) is 8.93. The third kappa shape index (κ3) is 5.41. The minimum Gasteiger partial charge on any atom is -0.378 e. The van der Waals surface area contributed by atoms with Crippen LogP contribution in [0.15, 0.2) is 0 Å². The van der Waals surface area contributed by atoms with Crippen LogP contribution in [0.2, 0.25) is 0 Å². The van der Waals surface area contributed by atoms with Crippen molar-refractivity contribution < 1.29 is 4.74 Å². The standard InChI is InChI=1S/C16H34N2O/c1-6-8-16(5,12-17-9-7-2)13-18-10-11-19-14-15(18,3)4/h17H,6-14H2,1-5H3. The first-order valence-electron chi connectivity index (χ1n) is 7.97. The molecule has 1 saturated heterocycles. The minimum absolute atomic E-state index is 0.179. The molecule has 1 rings (SSSR count). The predicted octanol–water partition coefficient (Wildman–Crippen LogP) is 2.90. The van der Waals surface area contributed by atoms with Gasteiger partial charge in [0.25, 0.3) is 0 Å². The number of nitrogens with one attached hydrogen (secondary N) is 1. The fraction of sp³-hybridized carbons (Fsp3) is 1.00. The van der Waals surface area contributed by atoms with Gasteiger partial charge in [0.15, 0.2) is 0 Å². The highest BCUT2D eigenvalue weighted by atomic mass is 16.5. The Bertz CT molecular complexity index is 255. The molecule has 1 aliphatic rings. The maximum atomic E-state index is 5.63. The Hall–Kier alpha value is -0.120. The van der Waals surface area contributed by atoms with Gasteiger partial charge in [0.1, 0.15) is 0 Å². The summed E-state index contributed by atoms with van der Waals surface area (Å²) in [6.45, 7) is 17.8. The van der Waals surface area contributed by atoms with Crippen LogP contribution < -0.4 is 5.32 Å². The number of hydrogen-bond donors (Lipinski definition) is 1. The summed E-state index contributed by atoms with van der Waals surface area (Å²) in [7, 11) is 0. The number of ether oxygens (including phenoxy) is 1. The van der Waals surface area contributed by atoms with Gasteiger partial charge in [0, 0.05) is 25.2 Å². The summed E-state index contributed by atoms with van der Waals surface area (Å²) in [5, 5.41) is 3.62. The average Bonchev–Trinajstić information content (AvgIpc) is 2.33. The lowest BCUT2D eigenvalue weighted by atomic mass is 9.83. The summed E-state index contributed by atoms with van der Waals surface area (Å²) in [4.78, 5) is 2.62. The van der Waals surface area contributed by atoms with E-state index < -0.39 is 0 Å². The van der Waals surface area contributed by atoms with E-state index in [1.54, 1.807) is 0 Å². The number of morpholine rings is 1. The van der Waals surface area contributed by atoms with Crippen LogP contribution >= 0.6 is 0 Å². The van der Waals surface area contributed by atoms with Gasteiger partial charge in [-0.15, -0.1) is 0 Å². The monoisotopic (exact) mass is 270 g/mol. The highest BCUT2D eigenvalue weighted by Gasteiger charge is 2.35. The third-order valence-corrected chi connectivity index (χ3v) is 4.22. The van der Waals surface area contributed by atoms with Gasteiger partial charge in [-0.2, -0.15) is 0 Å². The molecule has 0 aliphatic carbocycles. The van der Waals surface area contributed by atoms with Crippen LogP contribution in [0.5, 0.6) is 0 Å². The molecular formula is C16H34N2O. The first-order valence-corrected chi connectivity index (χ1v) is 7.97. The zero-order chi connectivity index (χ0) is 14.4. The summed E-state index contributed by atoms with van der Waals surface area (Å²) in [5.41, 5.74) is 0.552. The Labute approximate surface area is 120 Å². The molecule has 3 heteroatoms. The van der Waals surface area contributed by atoms with Crippen LogP contribution in [0.3, 0.4) is 0 Å². The SMILES string of the molecule is CCCNCC(C)(CCC)CN1CCOCC1(C)C. The van der Waals surface area contributed by atoms with Crippen molar-refractivity contribution in [1.82, 2.24) is 10.2 Å². The van der Waals surface area contributed by atoms with Gasteiger partial charge in [-0.1, -0.05) is 27.2 Å². The van der Waals surface area contributed by atoms with E-state index in [4.69, 9.17) is 4.74 Å². The molecule has 0 spiro atoms. The topological polar surface area (TPSA) is 24.5 Å². The van der Waals surface area contributed by atoms with Crippen molar-refractivity contribution in [2.75, 3.05) is 39.4 Å². The lowest BCUT2D eigenvalue weighted by Gasteiger charge is -2.46. The van der Waals surface area contributed by atoms with E-state index in [1.807, 2.05) is 0 Å². The third-order valence-electron chi connectivity index (χ3n) is 4.22. The van der Waals surface area contributed by atoms with Crippen molar-refractivity contribution in [2.45, 2.75) is 59.4 Å². The molecule has 0 aromatic rings. The van der Waals surface area contributed by atoms with E-state index in [9.17, 15) is 0 Å². The van der Waals surface area contributed by atoms with Gasteiger partial charge < -0.3 is 10.1 Å². The highest BCUT2D eigenvalue weighted by molar-refractivity contribution is 4.90. The van der Waals surface area contributed by atoms with Crippen LogP contribution in [0.25, 0.3) is 0 Å². The van der Waals surface area contributed by atoms with Crippen molar-refractivity contribution in [3.63, 3.8) is 0 Å². The minimum atomic E-state index is 0.179. The molecule has 1 atom stereocenters. The fourth-order valence-electron chi connectivity index (χ4n) is 3.04. The Kier molecular flexibility index (Phi) is 6.78. The smallest absolute Gasteiger partial charge is 0.0645 e. The summed E-state index contributed by atoms with van der Waals surface area (Å²) in [6.07, 6.45) is 3.76. The van der Waals surface area contributed by atoms with E-state index in [-0.39, 0.29) is 5.54 Å². The summed E-state index contributed by atoms with van der Waals surface area (Å²) in [6, 6.07) is 0. The largest absolute Gasteiger partial charge is 0.378 e. The second-order valence-electron chi connectivity index (χ2n) is 7.02. The lowest BCUT2D eigenvalue weighted by Crippen LogP contribution is -2.57. The van der Waals surface area contributed by atoms with Crippen LogP contribution in [-0.2, 0) is 4.74 Å². The van der Waals surface area contributed by atoms with E-state index in [2.05, 4.69) is 44.8 Å². The Morgan fingerprint density at radius 2 is 2.00 bits per heavy atom. The average molecular weight is 270 g/mol. The maximum Gasteiger partial charge on any atom is 0.0645 e. The predicted molar refractivity (Wildman–Crippen MR) is 82.6 cm³/mol. The molecule has 0 saturated carbocycles. The molecule has 19 heavy (non-hydrogen) atoms. The lowest BCUT2D eigenvalue weighted by molar-refractivity contribution is -0.0672. The van der Waals surface area contributed by atoms with Crippen molar-refractivity contribution in [2.24, 2.45) is 5.41 Å². The van der Waals surface area contributed by atoms with Gasteiger partial charge in [-0.3, -0.25) is 4.90 Å². The molecular weight excluding hydrogens is 236 g/mol. The number of rotatable bonds is 8. The van der Waals surface area contributed by atoms with Crippen molar-refractivity contribution in [3.05, 3.63) is 0 Å². The quantitative estimate of drug-likeness (QED) is 0.686. The zero-order valence-electron chi connectivity index (χ0n) is 13.7. The zero-order valence-corrected chi connectivity index (χ0v) is 13.7. The Morgan fingerprint density at radius 3 is 2.58 bits per heavy atom. The Morgan fingerprint density at radius 1 is 1.26 bits per heavy atom. The van der Waals surface area contributed by atoms with Crippen molar-refractivity contribution in [1.29, 1.82) is 0 Å². The molecule has 114 valence electrons. The fourth-order valence-corrected chi connectivity index (χ4v) is 3.04. The molecule has 0 bridgehead atoms. The second-order valence-corrected chi connectivity index (χ2v) is 7.02. The molecule has 1 unspecified atom stereocenters. The first kappa shape index (κ1) is 16.9. The highest BCUT2D eigenvalue weighted by Crippen LogP contribution is 2.29. The van der Waals surface area contributed by atoms with Gasteiger partial charge in [-0.05, 0) is 38.6 Å². The van der Waals surface area contributed by atoms with Gasteiger partial charge in [-0.25, -0.2) is 0 Å². The molecule has 1 aliphatic heterocycles. The second kappa shape index (κ2) is 7.61. The van der Waals surface area contributed by atoms with Crippen LogP contribution in [0, 0.1) is 5.41 Å². The van der Waals surface area contributed by atoms with Crippen LogP contribution in [-0.4, -0.2) is 49.8 Å². The molecule has 0 amide bonds. The van der Waals surface area contributed by atoms with E-state index in [0.717, 1.165) is 32.8 Å². The van der Waals surface area contributed by atoms with E-state index in [0.29, 0.717) is 5.41 Å². The molecule has 0 aromatic heterocycles. The summed E-state index contributed by atoms with van der Waals surface area (Å²) >= 11 is 0. The normalized spacial score (nSPS) is 23.2. The molecule has 1 heterocycles. The van der Waals surface area contributed by atoms with Gasteiger partial charge in [0.05, 0.1) is 13.2 Å². The van der Waals surface area contributed by atoms with Gasteiger partial charge in [0.2, 0.25) is 0 Å². The summed E-state index contributed by atoms with van der Waals surface area (Å²) < 4.78 is 5.63. The van der Waals surface area contributed by atoms with E-state index >= 15 is 0 Å².